The van der Waals surface area contributed by atoms with Gasteiger partial charge in [0.25, 0.3) is 0 Å². The first-order valence-corrected chi connectivity index (χ1v) is 20.5. The van der Waals surface area contributed by atoms with E-state index in [-0.39, 0.29) is 31.6 Å². The summed E-state index contributed by atoms with van der Waals surface area (Å²) in [7, 11) is 5.22. The van der Waals surface area contributed by atoms with Crippen LogP contribution in [0, 0.1) is 23.7 Å². The number of hydrogen-bond acceptors (Lipinski definition) is 16. The van der Waals surface area contributed by atoms with Gasteiger partial charge in [0.2, 0.25) is 0 Å². The van der Waals surface area contributed by atoms with Crippen LogP contribution in [0.15, 0.2) is 36.9 Å². The highest BCUT2D eigenvalue weighted by Gasteiger charge is 2.61. The van der Waals surface area contributed by atoms with Crippen LogP contribution in [0.25, 0.3) is 0 Å². The van der Waals surface area contributed by atoms with Gasteiger partial charge in [0, 0.05) is 17.9 Å². The third-order valence-corrected chi connectivity index (χ3v) is 12.5. The lowest BCUT2D eigenvalue weighted by molar-refractivity contribution is -0.299. The zero-order valence-electron chi connectivity index (χ0n) is 36.1. The molecule has 1 N–H and O–H groups in total. The lowest BCUT2D eigenvalue weighted by atomic mass is 9.73. The molecule has 5 rings (SSSR count). The van der Waals surface area contributed by atoms with E-state index in [1.54, 1.807) is 65.8 Å². The van der Waals surface area contributed by atoms with Crippen molar-refractivity contribution >= 4 is 24.2 Å². The average molecular weight is 834 g/mol. The van der Waals surface area contributed by atoms with Crippen LogP contribution in [0.1, 0.15) is 86.3 Å². The molecule has 1 aromatic rings. The van der Waals surface area contributed by atoms with E-state index in [0.29, 0.717) is 17.7 Å². The smallest absolute Gasteiger partial charge is 0.497 e. The molecule has 0 saturated carbocycles. The minimum Gasteiger partial charge on any atom is -0.497 e. The Morgan fingerprint density at radius 3 is 2.27 bits per heavy atom. The van der Waals surface area contributed by atoms with Gasteiger partial charge in [-0.25, -0.2) is 14.4 Å². The van der Waals surface area contributed by atoms with Gasteiger partial charge in [-0.2, -0.15) is 0 Å². The first-order valence-electron chi connectivity index (χ1n) is 20.5. The van der Waals surface area contributed by atoms with Crippen LogP contribution in [0.2, 0.25) is 0 Å². The van der Waals surface area contributed by atoms with Gasteiger partial charge in [-0.15, -0.1) is 6.58 Å². The van der Waals surface area contributed by atoms with Crippen molar-refractivity contribution in [3.8, 4) is 5.75 Å². The average Bonchev–Trinajstić information content (AvgIpc) is 3.44. The molecule has 0 aromatic heterocycles. The Morgan fingerprint density at radius 1 is 1.00 bits per heavy atom. The highest BCUT2D eigenvalue weighted by atomic mass is 16.8. The molecule has 0 spiro atoms. The molecule has 59 heavy (non-hydrogen) atoms. The molecule has 4 saturated heterocycles. The Morgan fingerprint density at radius 2 is 1.66 bits per heavy atom. The Hall–Kier alpha value is -3.96. The minimum absolute atomic E-state index is 0.0122. The zero-order valence-corrected chi connectivity index (χ0v) is 36.1. The molecule has 4 heterocycles. The summed E-state index contributed by atoms with van der Waals surface area (Å²) >= 11 is 0. The number of nitrogens with zero attached hydrogens (tertiary/aromatic N) is 1. The van der Waals surface area contributed by atoms with E-state index in [2.05, 4.69) is 6.58 Å². The van der Waals surface area contributed by atoms with Crippen LogP contribution in [0.4, 0.5) is 9.59 Å². The number of hydrogen-bond donors (Lipinski definition) is 1. The van der Waals surface area contributed by atoms with Crippen molar-refractivity contribution in [2.75, 3.05) is 27.8 Å². The van der Waals surface area contributed by atoms with E-state index in [1.165, 1.54) is 13.2 Å². The van der Waals surface area contributed by atoms with Crippen molar-refractivity contribution < 1.29 is 71.7 Å². The molecule has 0 radical (unpaired) electrons. The summed E-state index contributed by atoms with van der Waals surface area (Å²) in [5, 5.41) is 11.7. The Balaban J connectivity index is 1.67. The number of fused-ring (bicyclic) bond motifs is 4. The number of cyclic esters (lactones) is 1. The third kappa shape index (κ3) is 9.67. The van der Waals surface area contributed by atoms with Gasteiger partial charge in [-0.3, -0.25) is 4.79 Å². The molecule has 0 aliphatic carbocycles. The molecule has 0 amide bonds. The normalized spacial score (nSPS) is 39.5. The van der Waals surface area contributed by atoms with Crippen LogP contribution in [-0.2, 0) is 52.2 Å². The fourth-order valence-electron chi connectivity index (χ4n) is 9.46. The number of aliphatic hydroxyl groups excluding tert-OH is 1. The number of esters is 2. The summed E-state index contributed by atoms with van der Waals surface area (Å²) in [4.78, 5) is 57.7. The summed E-state index contributed by atoms with van der Waals surface area (Å²) < 4.78 is 60.7. The van der Waals surface area contributed by atoms with Crippen molar-refractivity contribution in [3.63, 3.8) is 0 Å². The first-order chi connectivity index (χ1) is 27.8. The molecular formula is C43H63NO15. The van der Waals surface area contributed by atoms with E-state index in [4.69, 9.17) is 47.4 Å². The maximum Gasteiger partial charge on any atom is 0.509 e. The van der Waals surface area contributed by atoms with E-state index in [0.717, 1.165) is 0 Å². The van der Waals surface area contributed by atoms with Gasteiger partial charge >= 0.3 is 24.2 Å². The molecule has 330 valence electrons. The predicted molar refractivity (Wildman–Crippen MR) is 210 cm³/mol. The van der Waals surface area contributed by atoms with E-state index >= 15 is 0 Å². The van der Waals surface area contributed by atoms with Crippen LogP contribution < -0.4 is 4.74 Å². The summed E-state index contributed by atoms with van der Waals surface area (Å²) in [6.45, 7) is 17.6. The predicted octanol–water partition coefficient (Wildman–Crippen LogP) is 5.52. The first kappa shape index (κ1) is 46.1. The van der Waals surface area contributed by atoms with E-state index in [1.807, 2.05) is 32.8 Å². The molecule has 16 nitrogen and oxygen atoms in total. The number of benzene rings is 1. The van der Waals surface area contributed by atoms with Gasteiger partial charge in [-0.05, 0) is 84.7 Å². The SMILES string of the molecule is C=CCOC(C(=O)O[C@H]1[C@H](C)[C@@H](O[C@H]2O[C@@H](C)C[C@@H](N(C)C)[C@@H]2O)[C@@]2(C)C[C@@H](C)C(OC(=O)O2)[C@H](C)[C@H]2OC(=O)O[C@]2(C)[C@@H](CC)OC(=O)[C@@H]1C)c1ccc(OC)cc1. The second-order valence-corrected chi connectivity index (χ2v) is 17.1. The van der Waals surface area contributed by atoms with Crippen molar-refractivity contribution in [1.82, 2.24) is 4.90 Å². The van der Waals surface area contributed by atoms with Crippen LogP contribution in [0.3, 0.4) is 0 Å². The zero-order chi connectivity index (χ0) is 43.6. The molecule has 2 unspecified atom stereocenters. The van der Waals surface area contributed by atoms with Gasteiger partial charge in [0.15, 0.2) is 24.1 Å². The van der Waals surface area contributed by atoms with Gasteiger partial charge in [0.1, 0.15) is 41.9 Å². The summed E-state index contributed by atoms with van der Waals surface area (Å²) in [5.74, 6) is -4.35. The van der Waals surface area contributed by atoms with Crippen molar-refractivity contribution in [3.05, 3.63) is 42.5 Å². The highest BCUT2D eigenvalue weighted by Crippen LogP contribution is 2.46. The number of likely N-dealkylation sites (N-methyl/N-ethyl adjacent to an activating group) is 1. The van der Waals surface area contributed by atoms with Gasteiger partial charge < -0.3 is 57.4 Å². The second-order valence-electron chi connectivity index (χ2n) is 17.1. The summed E-state index contributed by atoms with van der Waals surface area (Å²) in [6.07, 6.45) is -9.09. The number of methoxy groups -OCH3 is 1. The molecular weight excluding hydrogens is 770 g/mol. The number of carbonyl (C=O) groups is 4. The van der Waals surface area contributed by atoms with Gasteiger partial charge in [0.05, 0.1) is 25.7 Å². The van der Waals surface area contributed by atoms with E-state index < -0.39 is 108 Å². The Kier molecular flexibility index (Phi) is 14.7. The van der Waals surface area contributed by atoms with Crippen LogP contribution >= 0.6 is 0 Å². The Bertz CT molecular complexity index is 1660. The Labute approximate surface area is 347 Å². The monoisotopic (exact) mass is 833 g/mol. The number of carbonyl (C=O) groups excluding carboxylic acids is 4. The molecule has 16 atom stereocenters. The molecule has 1 aromatic carbocycles. The van der Waals surface area contributed by atoms with Crippen molar-refractivity contribution in [2.45, 2.75) is 147 Å². The van der Waals surface area contributed by atoms with Gasteiger partial charge in [-0.1, -0.05) is 45.9 Å². The highest BCUT2D eigenvalue weighted by molar-refractivity contribution is 5.78. The van der Waals surface area contributed by atoms with Crippen LogP contribution in [-0.4, -0.2) is 128 Å². The summed E-state index contributed by atoms with van der Waals surface area (Å²) in [6, 6.07) is 6.32. The minimum atomic E-state index is -1.55. The third-order valence-electron chi connectivity index (χ3n) is 12.5. The van der Waals surface area contributed by atoms with Crippen LogP contribution in [0.5, 0.6) is 5.75 Å². The molecule has 4 aliphatic rings. The second kappa shape index (κ2) is 18.8. The fraction of sp³-hybridized carbons (Fsp3) is 0.721. The fourth-order valence-corrected chi connectivity index (χ4v) is 9.46. The van der Waals surface area contributed by atoms with E-state index in [9.17, 15) is 24.3 Å². The van der Waals surface area contributed by atoms with Crippen molar-refractivity contribution in [1.29, 1.82) is 0 Å². The number of rotatable bonds is 11. The largest absolute Gasteiger partial charge is 0.509 e. The molecule has 4 fully saturated rings. The lowest BCUT2D eigenvalue weighted by Gasteiger charge is -2.47. The topological polar surface area (TPSA) is 184 Å². The maximum absolute atomic E-state index is 14.5. The number of aliphatic hydroxyl groups is 1. The quantitative estimate of drug-likeness (QED) is 0.167. The number of ether oxygens (including phenoxy) is 10. The molecule has 16 heteroatoms. The molecule has 4 aliphatic heterocycles. The standard InChI is InChI=1S/C43H63NO15/c1-13-19-51-34(27-15-17-28(50-12)18-16-27)38(47)54-33-25(6)35(56-39-31(45)29(44(10)11)20-23(4)52-39)42(8)21-22(3)32(55-40(48)58-42)24(5)36-43(9,59-41(49)57-36)30(14-2)53-37(46)26(33)7/h13,15-18,22-26,29-36,39,45H,1,14,19-21H2,2-12H3/t22-,23+,24+,25+,26-,29-,30-,31+,32?,33+,34?,35-,36-,39-,42-,43-/m1/s1. The molecule has 2 bridgehead atoms. The summed E-state index contributed by atoms with van der Waals surface area (Å²) in [5.41, 5.74) is -2.60. The van der Waals surface area contributed by atoms with Crippen molar-refractivity contribution in [2.24, 2.45) is 23.7 Å². The maximum atomic E-state index is 14.5. The lowest BCUT2D eigenvalue weighted by Crippen LogP contribution is -2.60.